The third-order valence-corrected chi connectivity index (χ3v) is 4.17. The lowest BCUT2D eigenvalue weighted by atomic mass is 10.1. The molecule has 1 aromatic carbocycles. The summed E-state index contributed by atoms with van der Waals surface area (Å²) < 4.78 is 10.7. The number of piperidine rings is 1. The van der Waals surface area contributed by atoms with Gasteiger partial charge >= 0.3 is 0 Å². The molecule has 2 amide bonds. The van der Waals surface area contributed by atoms with Gasteiger partial charge in [0.15, 0.2) is 0 Å². The number of carbonyl (C=O) groups excluding carboxylic acids is 2. The summed E-state index contributed by atoms with van der Waals surface area (Å²) >= 11 is 0. The van der Waals surface area contributed by atoms with Crippen molar-refractivity contribution in [1.29, 1.82) is 0 Å². The summed E-state index contributed by atoms with van der Waals surface area (Å²) in [5, 5.41) is 0. The predicted octanol–water partition coefficient (Wildman–Crippen LogP) is 1.93. The molecule has 1 saturated heterocycles. The third kappa shape index (κ3) is 5.44. The Kier molecular flexibility index (Phi) is 6.90. The van der Waals surface area contributed by atoms with Crippen molar-refractivity contribution in [3.8, 4) is 11.5 Å². The third-order valence-electron chi connectivity index (χ3n) is 4.17. The number of hydrogen-bond acceptors (Lipinski definition) is 4. The van der Waals surface area contributed by atoms with Crippen LogP contribution in [-0.4, -0.2) is 61.5 Å². The van der Waals surface area contributed by atoms with E-state index >= 15 is 0 Å². The molecule has 0 unspecified atom stereocenters. The molecule has 1 aliphatic rings. The zero-order chi connectivity index (χ0) is 17.4. The van der Waals surface area contributed by atoms with Gasteiger partial charge < -0.3 is 19.3 Å². The van der Waals surface area contributed by atoms with Gasteiger partial charge in [-0.2, -0.15) is 0 Å². The van der Waals surface area contributed by atoms with Crippen molar-refractivity contribution in [2.75, 3.05) is 39.9 Å². The molecule has 6 nitrogen and oxygen atoms in total. The Hall–Kier alpha value is -2.24. The topological polar surface area (TPSA) is 59.1 Å². The fraction of sp³-hybridized carbons (Fsp3) is 0.556. The van der Waals surface area contributed by atoms with Crippen LogP contribution in [0.3, 0.4) is 0 Å². The fourth-order valence-corrected chi connectivity index (χ4v) is 2.70. The van der Waals surface area contributed by atoms with E-state index in [4.69, 9.17) is 9.47 Å². The Morgan fingerprint density at radius 1 is 1.08 bits per heavy atom. The second kappa shape index (κ2) is 9.15. The van der Waals surface area contributed by atoms with Crippen molar-refractivity contribution in [1.82, 2.24) is 9.80 Å². The average Bonchev–Trinajstić information content (AvgIpc) is 2.62. The first-order chi connectivity index (χ1) is 11.6. The van der Waals surface area contributed by atoms with Gasteiger partial charge in [0.25, 0.3) is 0 Å². The highest BCUT2D eigenvalue weighted by atomic mass is 16.5. The summed E-state index contributed by atoms with van der Waals surface area (Å²) in [5.74, 6) is 1.38. The molecular formula is C18H26N2O4. The minimum atomic E-state index is -0.112. The van der Waals surface area contributed by atoms with Crippen LogP contribution in [0.2, 0.25) is 0 Å². The van der Waals surface area contributed by atoms with E-state index in [1.807, 2.05) is 29.2 Å². The maximum atomic E-state index is 12.3. The van der Waals surface area contributed by atoms with Crippen molar-refractivity contribution in [3.63, 3.8) is 0 Å². The lowest BCUT2D eigenvalue weighted by Crippen LogP contribution is -2.45. The van der Waals surface area contributed by atoms with Crippen LogP contribution in [0, 0.1) is 0 Å². The average molecular weight is 334 g/mol. The number of amides is 2. The van der Waals surface area contributed by atoms with Gasteiger partial charge in [-0.1, -0.05) is 0 Å². The molecule has 132 valence electrons. The first-order valence-corrected chi connectivity index (χ1v) is 8.40. The minimum absolute atomic E-state index is 0.0225. The number of ether oxygens (including phenoxy) is 2. The number of carbonyl (C=O) groups is 2. The van der Waals surface area contributed by atoms with Gasteiger partial charge in [-0.25, -0.2) is 0 Å². The van der Waals surface area contributed by atoms with E-state index in [1.54, 1.807) is 12.0 Å². The van der Waals surface area contributed by atoms with E-state index in [1.165, 1.54) is 13.3 Å². The van der Waals surface area contributed by atoms with Gasteiger partial charge in [0.2, 0.25) is 11.8 Å². The highest BCUT2D eigenvalue weighted by Crippen LogP contribution is 2.17. The van der Waals surface area contributed by atoms with E-state index in [0.717, 1.165) is 31.7 Å². The molecule has 1 heterocycles. The molecule has 0 saturated carbocycles. The molecule has 6 heteroatoms. The van der Waals surface area contributed by atoms with Crippen LogP contribution in [-0.2, 0) is 9.59 Å². The minimum Gasteiger partial charge on any atom is -0.497 e. The van der Waals surface area contributed by atoms with E-state index in [2.05, 4.69) is 0 Å². The molecule has 0 radical (unpaired) electrons. The van der Waals surface area contributed by atoms with Gasteiger partial charge in [0.1, 0.15) is 18.1 Å². The molecular weight excluding hydrogens is 308 g/mol. The van der Waals surface area contributed by atoms with Crippen molar-refractivity contribution in [3.05, 3.63) is 24.3 Å². The van der Waals surface area contributed by atoms with Gasteiger partial charge in [-0.3, -0.25) is 9.59 Å². The molecule has 1 fully saturated rings. The van der Waals surface area contributed by atoms with Crippen LogP contribution in [0.25, 0.3) is 0 Å². The highest BCUT2D eigenvalue weighted by Gasteiger charge is 2.20. The van der Waals surface area contributed by atoms with E-state index in [9.17, 15) is 9.59 Å². The monoisotopic (exact) mass is 334 g/mol. The van der Waals surface area contributed by atoms with Gasteiger partial charge in [-0.05, 0) is 43.5 Å². The van der Waals surface area contributed by atoms with Crippen LogP contribution in [0.1, 0.15) is 26.2 Å². The zero-order valence-corrected chi connectivity index (χ0v) is 14.5. The standard InChI is InChI=1S/C18H26N2O4/c1-15(21)20(14-18(22)19-10-4-3-5-11-19)12-13-24-17-8-6-16(23-2)7-9-17/h6-9H,3-5,10-14H2,1-2H3. The van der Waals surface area contributed by atoms with Crippen molar-refractivity contribution >= 4 is 11.8 Å². The van der Waals surface area contributed by atoms with Crippen molar-refractivity contribution in [2.45, 2.75) is 26.2 Å². The number of hydrogen-bond donors (Lipinski definition) is 0. The van der Waals surface area contributed by atoms with Crippen molar-refractivity contribution in [2.24, 2.45) is 0 Å². The lowest BCUT2D eigenvalue weighted by Gasteiger charge is -2.29. The lowest BCUT2D eigenvalue weighted by molar-refractivity contribution is -0.140. The summed E-state index contributed by atoms with van der Waals surface area (Å²) in [6, 6.07) is 7.27. The normalized spacial score (nSPS) is 14.2. The molecule has 0 N–H and O–H groups in total. The van der Waals surface area contributed by atoms with Crippen LogP contribution in [0.4, 0.5) is 0 Å². The first-order valence-electron chi connectivity index (χ1n) is 8.40. The Bertz CT molecular complexity index is 538. The summed E-state index contributed by atoms with van der Waals surface area (Å²) in [7, 11) is 1.61. The van der Waals surface area contributed by atoms with Crippen LogP contribution < -0.4 is 9.47 Å². The van der Waals surface area contributed by atoms with Gasteiger partial charge in [0, 0.05) is 20.0 Å². The SMILES string of the molecule is COc1ccc(OCCN(CC(=O)N2CCCCC2)C(C)=O)cc1. The van der Waals surface area contributed by atoms with E-state index in [0.29, 0.717) is 18.9 Å². The predicted molar refractivity (Wildman–Crippen MR) is 91.2 cm³/mol. The van der Waals surface area contributed by atoms with Crippen LogP contribution in [0.5, 0.6) is 11.5 Å². The number of benzene rings is 1. The highest BCUT2D eigenvalue weighted by molar-refractivity contribution is 5.83. The Balaban J connectivity index is 1.79. The van der Waals surface area contributed by atoms with E-state index in [-0.39, 0.29) is 18.4 Å². The smallest absolute Gasteiger partial charge is 0.242 e. The first kappa shape index (κ1) is 18.1. The second-order valence-electron chi connectivity index (χ2n) is 5.91. The summed E-state index contributed by atoms with van der Waals surface area (Å²) in [4.78, 5) is 27.5. The maximum absolute atomic E-state index is 12.3. The maximum Gasteiger partial charge on any atom is 0.242 e. The summed E-state index contributed by atoms with van der Waals surface area (Å²) in [5.41, 5.74) is 0. The van der Waals surface area contributed by atoms with Gasteiger partial charge in [0.05, 0.1) is 20.2 Å². The number of methoxy groups -OCH3 is 1. The summed E-state index contributed by atoms with van der Waals surface area (Å²) in [6.07, 6.45) is 3.27. The molecule has 0 aliphatic carbocycles. The molecule has 1 aromatic rings. The largest absolute Gasteiger partial charge is 0.497 e. The quantitative estimate of drug-likeness (QED) is 0.764. The number of rotatable bonds is 7. The molecule has 24 heavy (non-hydrogen) atoms. The van der Waals surface area contributed by atoms with Crippen LogP contribution in [0.15, 0.2) is 24.3 Å². The number of likely N-dealkylation sites (tertiary alicyclic amines) is 1. The van der Waals surface area contributed by atoms with E-state index < -0.39 is 0 Å². The Labute approximate surface area is 143 Å². The summed E-state index contributed by atoms with van der Waals surface area (Å²) in [6.45, 7) is 3.94. The Morgan fingerprint density at radius 3 is 2.29 bits per heavy atom. The molecule has 2 rings (SSSR count). The molecule has 0 spiro atoms. The number of nitrogens with zero attached hydrogens (tertiary/aromatic N) is 2. The molecule has 1 aliphatic heterocycles. The second-order valence-corrected chi connectivity index (χ2v) is 5.91. The Morgan fingerprint density at radius 2 is 1.71 bits per heavy atom. The molecule has 0 aromatic heterocycles. The molecule has 0 atom stereocenters. The van der Waals surface area contributed by atoms with Crippen molar-refractivity contribution < 1.29 is 19.1 Å². The molecule has 0 bridgehead atoms. The zero-order valence-electron chi connectivity index (χ0n) is 14.5. The fourth-order valence-electron chi connectivity index (χ4n) is 2.70. The van der Waals surface area contributed by atoms with Gasteiger partial charge in [-0.15, -0.1) is 0 Å². The van der Waals surface area contributed by atoms with Crippen LogP contribution >= 0.6 is 0 Å².